The van der Waals surface area contributed by atoms with E-state index in [2.05, 4.69) is 4.99 Å². The lowest BCUT2D eigenvalue weighted by Gasteiger charge is -2.29. The van der Waals surface area contributed by atoms with Gasteiger partial charge in [-0.2, -0.15) is 9.30 Å². The van der Waals surface area contributed by atoms with Crippen molar-refractivity contribution in [1.29, 1.82) is 0 Å². The summed E-state index contributed by atoms with van der Waals surface area (Å²) in [5, 5.41) is 1.56. The average molecular weight is 519 g/mol. The predicted octanol–water partition coefficient (Wildman–Crippen LogP) is 4.73. The smallest absolute Gasteiger partial charge is 0.251 e. The molecule has 1 aromatic heterocycles. The van der Waals surface area contributed by atoms with E-state index in [4.69, 9.17) is 34.8 Å². The summed E-state index contributed by atoms with van der Waals surface area (Å²) in [6, 6.07) is 9.50. The highest BCUT2D eigenvalue weighted by Crippen LogP contribution is 2.31. The molecule has 164 valence electrons. The van der Waals surface area contributed by atoms with Gasteiger partial charge in [-0.1, -0.05) is 46.1 Å². The predicted molar refractivity (Wildman–Crippen MR) is 124 cm³/mol. The fourth-order valence-electron chi connectivity index (χ4n) is 3.57. The molecule has 0 radical (unpaired) electrons. The second-order valence-corrected chi connectivity index (χ2v) is 11.4. The highest BCUT2D eigenvalue weighted by molar-refractivity contribution is 7.89. The zero-order chi connectivity index (χ0) is 22.3. The number of sulfonamides is 1. The van der Waals surface area contributed by atoms with E-state index in [1.165, 1.54) is 27.8 Å². The SMILES string of the molecule is Cn1c(=NC(=O)C2CCN(S(=O)(=O)c3ccc(Cl)cc3)CC2)sc2c(Cl)ccc(Cl)c21. The Balaban J connectivity index is 1.52. The van der Waals surface area contributed by atoms with Crippen LogP contribution in [0.4, 0.5) is 0 Å². The number of nitrogens with zero attached hydrogens (tertiary/aromatic N) is 3. The van der Waals surface area contributed by atoms with E-state index in [0.717, 1.165) is 10.2 Å². The van der Waals surface area contributed by atoms with Crippen LogP contribution in [0.3, 0.4) is 0 Å². The van der Waals surface area contributed by atoms with Gasteiger partial charge >= 0.3 is 0 Å². The first-order chi connectivity index (χ1) is 14.7. The Bertz CT molecular complexity index is 1320. The lowest BCUT2D eigenvalue weighted by molar-refractivity contribution is -0.122. The van der Waals surface area contributed by atoms with E-state index in [-0.39, 0.29) is 29.8 Å². The Labute approximate surface area is 198 Å². The third-order valence-corrected chi connectivity index (χ3v) is 9.37. The summed E-state index contributed by atoms with van der Waals surface area (Å²) in [5.41, 5.74) is 0.731. The lowest BCUT2D eigenvalue weighted by atomic mass is 9.98. The third kappa shape index (κ3) is 4.42. The quantitative estimate of drug-likeness (QED) is 0.503. The number of halogens is 3. The van der Waals surface area contributed by atoms with Crippen molar-refractivity contribution in [3.8, 4) is 0 Å². The van der Waals surface area contributed by atoms with Gasteiger partial charge in [-0.05, 0) is 49.2 Å². The maximum Gasteiger partial charge on any atom is 0.251 e. The van der Waals surface area contributed by atoms with Gasteiger partial charge in [0.25, 0.3) is 5.91 Å². The molecule has 0 saturated carbocycles. The third-order valence-electron chi connectivity index (χ3n) is 5.31. The number of fused-ring (bicyclic) bond motifs is 1. The van der Waals surface area contributed by atoms with E-state index in [1.54, 1.807) is 35.9 Å². The van der Waals surface area contributed by atoms with Crippen molar-refractivity contribution in [3.05, 3.63) is 56.3 Å². The summed E-state index contributed by atoms with van der Waals surface area (Å²) in [7, 11) is -1.83. The molecule has 0 N–H and O–H groups in total. The van der Waals surface area contributed by atoms with Crippen molar-refractivity contribution in [1.82, 2.24) is 8.87 Å². The minimum absolute atomic E-state index is 0.192. The number of thiazole rings is 1. The summed E-state index contributed by atoms with van der Waals surface area (Å²) >= 11 is 19.7. The molecule has 0 atom stereocenters. The zero-order valence-electron chi connectivity index (χ0n) is 16.4. The first-order valence-electron chi connectivity index (χ1n) is 9.46. The molecule has 11 heteroatoms. The van der Waals surface area contributed by atoms with Crippen molar-refractivity contribution in [2.24, 2.45) is 18.0 Å². The lowest BCUT2D eigenvalue weighted by Crippen LogP contribution is -2.40. The normalized spacial score (nSPS) is 16.8. The van der Waals surface area contributed by atoms with Gasteiger partial charge in [0, 0.05) is 31.1 Å². The Morgan fingerprint density at radius 1 is 1.03 bits per heavy atom. The van der Waals surface area contributed by atoms with Crippen LogP contribution in [0.2, 0.25) is 15.1 Å². The molecule has 6 nitrogen and oxygen atoms in total. The van der Waals surface area contributed by atoms with E-state index in [0.29, 0.717) is 32.7 Å². The molecule has 1 saturated heterocycles. The fraction of sp³-hybridized carbons (Fsp3) is 0.300. The molecule has 4 rings (SSSR count). The highest BCUT2D eigenvalue weighted by Gasteiger charge is 2.32. The van der Waals surface area contributed by atoms with Crippen LogP contribution in [0, 0.1) is 5.92 Å². The van der Waals surface area contributed by atoms with Crippen molar-refractivity contribution in [2.45, 2.75) is 17.7 Å². The summed E-state index contributed by atoms with van der Waals surface area (Å²) < 4.78 is 29.6. The van der Waals surface area contributed by atoms with E-state index < -0.39 is 10.0 Å². The number of aryl methyl sites for hydroxylation is 1. The van der Waals surface area contributed by atoms with Gasteiger partial charge in [0.1, 0.15) is 0 Å². The number of piperidine rings is 1. The molecule has 2 aromatic carbocycles. The number of hydrogen-bond acceptors (Lipinski definition) is 4. The van der Waals surface area contributed by atoms with Gasteiger partial charge in [0.05, 0.1) is 25.2 Å². The van der Waals surface area contributed by atoms with Gasteiger partial charge < -0.3 is 4.57 Å². The average Bonchev–Trinajstić information content (AvgIpc) is 3.08. The fourth-order valence-corrected chi connectivity index (χ4v) is 6.83. The van der Waals surface area contributed by atoms with Crippen molar-refractivity contribution in [2.75, 3.05) is 13.1 Å². The van der Waals surface area contributed by atoms with Crippen molar-refractivity contribution < 1.29 is 13.2 Å². The first-order valence-corrected chi connectivity index (χ1v) is 12.9. The Morgan fingerprint density at radius 3 is 2.26 bits per heavy atom. The maximum atomic E-state index is 12.8. The molecule has 0 unspecified atom stereocenters. The van der Waals surface area contributed by atoms with Gasteiger partial charge in [-0.25, -0.2) is 8.42 Å². The van der Waals surface area contributed by atoms with E-state index in [9.17, 15) is 13.2 Å². The zero-order valence-corrected chi connectivity index (χ0v) is 20.3. The number of carbonyl (C=O) groups excluding carboxylic acids is 1. The second-order valence-electron chi connectivity index (χ2n) is 7.23. The van der Waals surface area contributed by atoms with Crippen LogP contribution in [0.5, 0.6) is 0 Å². The molecule has 0 aliphatic carbocycles. The Hall–Kier alpha value is -1.42. The van der Waals surface area contributed by atoms with Crippen LogP contribution < -0.4 is 4.80 Å². The molecular formula is C20H18Cl3N3O3S2. The standard InChI is InChI=1S/C20H18Cl3N3O3S2/c1-25-17-15(22)6-7-16(23)18(17)30-20(25)24-19(27)12-8-10-26(11-9-12)31(28,29)14-4-2-13(21)3-5-14/h2-7,12H,8-11H2,1H3. The highest BCUT2D eigenvalue weighted by atomic mass is 35.5. The summed E-state index contributed by atoms with van der Waals surface area (Å²) in [6.07, 6.45) is 0.816. The number of hydrogen-bond donors (Lipinski definition) is 0. The van der Waals surface area contributed by atoms with Crippen molar-refractivity contribution >= 4 is 72.3 Å². The van der Waals surface area contributed by atoms with Crippen molar-refractivity contribution in [3.63, 3.8) is 0 Å². The molecule has 3 aromatic rings. The second kappa shape index (κ2) is 8.84. The number of benzene rings is 2. The van der Waals surface area contributed by atoms with Crippen LogP contribution in [0.25, 0.3) is 10.2 Å². The Kier molecular flexibility index (Phi) is 6.49. The largest absolute Gasteiger partial charge is 0.318 e. The summed E-state index contributed by atoms with van der Waals surface area (Å²) in [6.45, 7) is 0.514. The van der Waals surface area contributed by atoms with Gasteiger partial charge in [0.15, 0.2) is 4.80 Å². The van der Waals surface area contributed by atoms with Crippen LogP contribution in [0.1, 0.15) is 12.8 Å². The molecular weight excluding hydrogens is 501 g/mol. The first kappa shape index (κ1) is 22.8. The van der Waals surface area contributed by atoms with Gasteiger partial charge in [-0.3, -0.25) is 4.79 Å². The minimum Gasteiger partial charge on any atom is -0.318 e. The number of aromatic nitrogens is 1. The molecule has 1 aliphatic heterocycles. The monoisotopic (exact) mass is 517 g/mol. The molecule has 31 heavy (non-hydrogen) atoms. The van der Waals surface area contributed by atoms with E-state index in [1.807, 2.05) is 0 Å². The number of amides is 1. The minimum atomic E-state index is -3.62. The van der Waals surface area contributed by atoms with Crippen LogP contribution in [-0.4, -0.2) is 36.3 Å². The van der Waals surface area contributed by atoms with Gasteiger partial charge in [-0.15, -0.1) is 0 Å². The molecule has 1 aliphatic rings. The molecule has 2 heterocycles. The maximum absolute atomic E-state index is 12.8. The van der Waals surface area contributed by atoms with Gasteiger partial charge in [0.2, 0.25) is 10.0 Å². The molecule has 1 amide bonds. The molecule has 0 spiro atoms. The van der Waals surface area contributed by atoms with Crippen LogP contribution in [-0.2, 0) is 21.9 Å². The topological polar surface area (TPSA) is 71.7 Å². The summed E-state index contributed by atoms with van der Waals surface area (Å²) in [5.74, 6) is -0.606. The van der Waals surface area contributed by atoms with Crippen LogP contribution >= 0.6 is 46.1 Å². The molecule has 1 fully saturated rings. The summed E-state index contributed by atoms with van der Waals surface area (Å²) in [4.78, 5) is 17.8. The number of rotatable bonds is 3. The molecule has 0 bridgehead atoms. The van der Waals surface area contributed by atoms with E-state index >= 15 is 0 Å². The number of carbonyl (C=O) groups is 1. The Morgan fingerprint density at radius 2 is 1.65 bits per heavy atom. The van der Waals surface area contributed by atoms with Crippen LogP contribution in [0.15, 0.2) is 46.3 Å².